The fraction of sp³-hybridized carbons (Fsp3) is 0.474. The lowest BCUT2D eigenvalue weighted by Crippen LogP contribution is -2.36. The predicted molar refractivity (Wildman–Crippen MR) is 98.2 cm³/mol. The van der Waals surface area contributed by atoms with Gasteiger partial charge in [-0.05, 0) is 36.8 Å². The van der Waals surface area contributed by atoms with Gasteiger partial charge in [0.25, 0.3) is 5.91 Å². The summed E-state index contributed by atoms with van der Waals surface area (Å²) in [6.45, 7) is 4.00. The molecule has 2 aromatic rings. The second-order valence-electron chi connectivity index (χ2n) is 7.11. The Hall–Kier alpha value is -2.08. The molecule has 4 rings (SSSR count). The van der Waals surface area contributed by atoms with Crippen LogP contribution in [-0.2, 0) is 4.74 Å². The molecule has 0 N–H and O–H groups in total. The summed E-state index contributed by atoms with van der Waals surface area (Å²) in [7, 11) is 1.77. The molecule has 1 unspecified atom stereocenters. The monoisotopic (exact) mass is 358 g/mol. The van der Waals surface area contributed by atoms with Crippen LogP contribution in [0.4, 0.5) is 4.79 Å². The number of likely N-dealkylation sites (tertiary alicyclic amines) is 1. The molecule has 3 heterocycles. The lowest BCUT2D eigenvalue weighted by Gasteiger charge is -2.25. The van der Waals surface area contributed by atoms with E-state index in [1.165, 1.54) is 0 Å². The minimum Gasteiger partial charge on any atom is -0.441 e. The number of aryl methyl sites for hydroxylation is 1. The molecule has 2 saturated heterocycles. The van der Waals surface area contributed by atoms with Gasteiger partial charge in [0, 0.05) is 31.3 Å². The third kappa shape index (κ3) is 2.78. The SMILES string of the molecule is Cc1c(C(=O)N2CCCC3(CC2)CN(C)C(=O)O3)sc2ccccc12. The van der Waals surface area contributed by atoms with E-state index in [1.807, 2.05) is 24.0 Å². The van der Waals surface area contributed by atoms with E-state index < -0.39 is 5.60 Å². The largest absolute Gasteiger partial charge is 0.441 e. The number of nitrogens with zero attached hydrogens (tertiary/aromatic N) is 2. The van der Waals surface area contributed by atoms with Crippen molar-refractivity contribution in [2.75, 3.05) is 26.7 Å². The molecule has 2 fully saturated rings. The number of amides is 2. The van der Waals surface area contributed by atoms with Crippen molar-refractivity contribution in [3.63, 3.8) is 0 Å². The average Bonchev–Trinajstić information content (AvgIpc) is 2.98. The van der Waals surface area contributed by atoms with Gasteiger partial charge in [-0.15, -0.1) is 11.3 Å². The third-order valence-corrected chi connectivity index (χ3v) is 6.62. The molecule has 25 heavy (non-hydrogen) atoms. The molecule has 1 aromatic heterocycles. The van der Waals surface area contributed by atoms with E-state index in [2.05, 4.69) is 12.1 Å². The number of rotatable bonds is 1. The lowest BCUT2D eigenvalue weighted by atomic mass is 9.95. The van der Waals surface area contributed by atoms with Crippen molar-refractivity contribution in [1.82, 2.24) is 9.80 Å². The smallest absolute Gasteiger partial charge is 0.410 e. The Bertz CT molecular complexity index is 846. The number of thiophene rings is 1. The van der Waals surface area contributed by atoms with Crippen LogP contribution in [0.1, 0.15) is 34.5 Å². The maximum absolute atomic E-state index is 13.1. The lowest BCUT2D eigenvalue weighted by molar-refractivity contribution is 0.0439. The Morgan fingerprint density at radius 2 is 2.04 bits per heavy atom. The molecule has 6 heteroatoms. The molecule has 1 spiro atoms. The molecule has 0 radical (unpaired) electrons. The molecular formula is C19H22N2O3S. The number of likely N-dealkylation sites (N-methyl/N-ethyl adjacent to an activating group) is 1. The predicted octanol–water partition coefficient (Wildman–Crippen LogP) is 3.66. The van der Waals surface area contributed by atoms with Gasteiger partial charge in [0.2, 0.25) is 0 Å². The topological polar surface area (TPSA) is 49.9 Å². The van der Waals surface area contributed by atoms with Gasteiger partial charge in [-0.2, -0.15) is 0 Å². The van der Waals surface area contributed by atoms with Crippen LogP contribution >= 0.6 is 11.3 Å². The first-order valence-corrected chi connectivity index (χ1v) is 9.52. The van der Waals surface area contributed by atoms with Gasteiger partial charge in [0.05, 0.1) is 11.4 Å². The molecule has 5 nitrogen and oxygen atoms in total. The molecular weight excluding hydrogens is 336 g/mol. The van der Waals surface area contributed by atoms with Crippen molar-refractivity contribution < 1.29 is 14.3 Å². The Morgan fingerprint density at radius 1 is 1.24 bits per heavy atom. The van der Waals surface area contributed by atoms with Gasteiger partial charge < -0.3 is 14.5 Å². The maximum atomic E-state index is 13.1. The number of hydrogen-bond acceptors (Lipinski definition) is 4. The standard InChI is InChI=1S/C19H22N2O3S/c1-13-14-6-3-4-7-15(14)25-16(13)17(22)21-10-5-8-19(9-11-21)12-20(2)18(23)24-19/h3-4,6-7H,5,8-12H2,1-2H3. The van der Waals surface area contributed by atoms with E-state index >= 15 is 0 Å². The second kappa shape index (κ2) is 6.02. The molecule has 0 bridgehead atoms. The number of benzene rings is 1. The van der Waals surface area contributed by atoms with Gasteiger partial charge in [-0.3, -0.25) is 4.79 Å². The highest BCUT2D eigenvalue weighted by Crippen LogP contribution is 2.35. The summed E-state index contributed by atoms with van der Waals surface area (Å²) in [5.74, 6) is 0.105. The van der Waals surface area contributed by atoms with Crippen molar-refractivity contribution in [1.29, 1.82) is 0 Å². The van der Waals surface area contributed by atoms with Crippen LogP contribution in [0.15, 0.2) is 24.3 Å². The summed E-state index contributed by atoms with van der Waals surface area (Å²) < 4.78 is 6.79. The quantitative estimate of drug-likeness (QED) is 0.782. The first-order chi connectivity index (χ1) is 12.0. The van der Waals surface area contributed by atoms with Gasteiger partial charge >= 0.3 is 6.09 Å². The molecule has 1 atom stereocenters. The fourth-order valence-electron chi connectivity index (χ4n) is 3.94. The zero-order chi connectivity index (χ0) is 17.6. The number of hydrogen-bond donors (Lipinski definition) is 0. The number of ether oxygens (including phenoxy) is 1. The van der Waals surface area contributed by atoms with Gasteiger partial charge in [-0.1, -0.05) is 18.2 Å². The van der Waals surface area contributed by atoms with Crippen molar-refractivity contribution in [3.05, 3.63) is 34.7 Å². The summed E-state index contributed by atoms with van der Waals surface area (Å²) in [6, 6.07) is 8.16. The van der Waals surface area contributed by atoms with Gasteiger partial charge in [-0.25, -0.2) is 4.79 Å². The van der Waals surface area contributed by atoms with Crippen molar-refractivity contribution in [2.45, 2.75) is 31.8 Å². The van der Waals surface area contributed by atoms with Crippen LogP contribution in [-0.4, -0.2) is 54.1 Å². The highest BCUT2D eigenvalue weighted by molar-refractivity contribution is 7.21. The van der Waals surface area contributed by atoms with Gasteiger partial charge in [0.1, 0.15) is 5.60 Å². The molecule has 2 aliphatic heterocycles. The summed E-state index contributed by atoms with van der Waals surface area (Å²) in [4.78, 5) is 29.3. The van der Waals surface area contributed by atoms with E-state index in [1.54, 1.807) is 23.3 Å². The highest BCUT2D eigenvalue weighted by Gasteiger charge is 2.44. The van der Waals surface area contributed by atoms with Crippen molar-refractivity contribution >= 4 is 33.4 Å². The summed E-state index contributed by atoms with van der Waals surface area (Å²) in [6.07, 6.45) is 2.13. The van der Waals surface area contributed by atoms with Crippen LogP contribution in [0.3, 0.4) is 0 Å². The number of carbonyl (C=O) groups excluding carboxylic acids is 2. The van der Waals surface area contributed by atoms with E-state index in [0.717, 1.165) is 39.9 Å². The zero-order valence-electron chi connectivity index (χ0n) is 14.6. The van der Waals surface area contributed by atoms with Crippen LogP contribution in [0.5, 0.6) is 0 Å². The van der Waals surface area contributed by atoms with Crippen LogP contribution in [0, 0.1) is 6.92 Å². The molecule has 132 valence electrons. The second-order valence-corrected chi connectivity index (χ2v) is 8.16. The first kappa shape index (κ1) is 16.4. The van der Waals surface area contributed by atoms with E-state index in [-0.39, 0.29) is 12.0 Å². The summed E-state index contributed by atoms with van der Waals surface area (Å²) >= 11 is 1.57. The molecule has 0 aliphatic carbocycles. The van der Waals surface area contributed by atoms with Crippen LogP contribution < -0.4 is 0 Å². The number of fused-ring (bicyclic) bond motifs is 1. The molecule has 2 aliphatic rings. The Morgan fingerprint density at radius 3 is 2.76 bits per heavy atom. The van der Waals surface area contributed by atoms with E-state index in [0.29, 0.717) is 19.5 Å². The minimum atomic E-state index is -0.421. The van der Waals surface area contributed by atoms with E-state index in [9.17, 15) is 9.59 Å². The Kier molecular flexibility index (Phi) is 3.95. The number of carbonyl (C=O) groups is 2. The maximum Gasteiger partial charge on any atom is 0.410 e. The van der Waals surface area contributed by atoms with Gasteiger partial charge in [0.15, 0.2) is 0 Å². The molecule has 1 aromatic carbocycles. The molecule has 2 amide bonds. The minimum absolute atomic E-state index is 0.105. The fourth-order valence-corrected chi connectivity index (χ4v) is 5.12. The zero-order valence-corrected chi connectivity index (χ0v) is 15.4. The highest BCUT2D eigenvalue weighted by atomic mass is 32.1. The van der Waals surface area contributed by atoms with Crippen LogP contribution in [0.2, 0.25) is 0 Å². The normalized spacial score (nSPS) is 24.0. The van der Waals surface area contributed by atoms with Crippen molar-refractivity contribution in [3.8, 4) is 0 Å². The summed E-state index contributed by atoms with van der Waals surface area (Å²) in [5.41, 5.74) is 0.646. The Labute approximate surface area is 151 Å². The van der Waals surface area contributed by atoms with Crippen molar-refractivity contribution in [2.24, 2.45) is 0 Å². The molecule has 0 saturated carbocycles. The van der Waals surface area contributed by atoms with E-state index in [4.69, 9.17) is 4.74 Å². The summed E-state index contributed by atoms with van der Waals surface area (Å²) in [5, 5.41) is 1.16. The first-order valence-electron chi connectivity index (χ1n) is 8.71. The van der Waals surface area contributed by atoms with Crippen LogP contribution in [0.25, 0.3) is 10.1 Å². The third-order valence-electron chi connectivity index (χ3n) is 5.36. The Balaban J connectivity index is 1.55. The average molecular weight is 358 g/mol.